The van der Waals surface area contributed by atoms with Gasteiger partial charge >= 0.3 is 0 Å². The number of benzene rings is 1. The molecule has 0 aliphatic carbocycles. The van der Waals surface area contributed by atoms with Gasteiger partial charge in [0.1, 0.15) is 17.5 Å². The Morgan fingerprint density at radius 1 is 1.45 bits per heavy atom. The van der Waals surface area contributed by atoms with Crippen LogP contribution in [0.15, 0.2) is 24.3 Å². The predicted molar refractivity (Wildman–Crippen MR) is 68.9 cm³/mol. The van der Waals surface area contributed by atoms with Crippen LogP contribution in [0.4, 0.5) is 0 Å². The van der Waals surface area contributed by atoms with E-state index >= 15 is 0 Å². The van der Waals surface area contributed by atoms with Crippen molar-refractivity contribution in [3.63, 3.8) is 0 Å². The fourth-order valence-electron chi connectivity index (χ4n) is 2.77. The first-order valence-corrected chi connectivity index (χ1v) is 6.49. The topological polar surface area (TPSA) is 79.2 Å². The normalized spacial score (nSPS) is 32.5. The molecule has 2 heterocycles. The number of hydrogen-bond donors (Lipinski definition) is 2. The third-order valence-electron chi connectivity index (χ3n) is 3.97. The fraction of sp³-hybridized carbons (Fsp3) is 0.500. The average molecular weight is 279 g/mol. The van der Waals surface area contributed by atoms with Crippen LogP contribution < -0.4 is 4.74 Å². The number of rotatable bonds is 3. The van der Waals surface area contributed by atoms with Crippen LogP contribution in [0.25, 0.3) is 0 Å². The van der Waals surface area contributed by atoms with Gasteiger partial charge in [-0.05, 0) is 17.7 Å². The highest BCUT2D eigenvalue weighted by atomic mass is 16.6. The maximum absolute atomic E-state index is 12.0. The number of nitrogens with zero attached hydrogens (tertiary/aromatic N) is 1. The van der Waals surface area contributed by atoms with Crippen molar-refractivity contribution < 1.29 is 24.5 Å². The molecule has 0 spiro atoms. The van der Waals surface area contributed by atoms with Gasteiger partial charge < -0.3 is 24.6 Å². The first kappa shape index (κ1) is 13.4. The second-order valence-corrected chi connectivity index (χ2v) is 5.24. The molecule has 3 atom stereocenters. The summed E-state index contributed by atoms with van der Waals surface area (Å²) in [4.78, 5) is 13.5. The Balaban J connectivity index is 1.78. The summed E-state index contributed by atoms with van der Waals surface area (Å²) in [6.07, 6.45) is -1.89. The lowest BCUT2D eigenvalue weighted by Crippen LogP contribution is -2.46. The molecule has 6 nitrogen and oxygen atoms in total. The highest BCUT2D eigenvalue weighted by molar-refractivity contribution is 5.81. The largest absolute Gasteiger partial charge is 0.497 e. The van der Waals surface area contributed by atoms with Crippen LogP contribution in [-0.2, 0) is 16.1 Å². The number of fused-ring (bicyclic) bond motifs is 1. The van der Waals surface area contributed by atoms with Crippen molar-refractivity contribution in [1.29, 1.82) is 0 Å². The number of amides is 1. The molecule has 0 saturated carbocycles. The third-order valence-corrected chi connectivity index (χ3v) is 3.97. The highest BCUT2D eigenvalue weighted by Gasteiger charge is 2.59. The molecule has 2 saturated heterocycles. The molecule has 0 unspecified atom stereocenters. The summed E-state index contributed by atoms with van der Waals surface area (Å²) in [7, 11) is 1.59. The minimum atomic E-state index is -1.48. The summed E-state index contributed by atoms with van der Waals surface area (Å²) in [6, 6.07) is 7.34. The minimum Gasteiger partial charge on any atom is -0.497 e. The van der Waals surface area contributed by atoms with Crippen molar-refractivity contribution in [1.82, 2.24) is 4.90 Å². The molecule has 1 amide bonds. The van der Waals surface area contributed by atoms with Crippen LogP contribution in [0, 0.1) is 0 Å². The second-order valence-electron chi connectivity index (χ2n) is 5.24. The van der Waals surface area contributed by atoms with E-state index in [2.05, 4.69) is 0 Å². The zero-order valence-corrected chi connectivity index (χ0v) is 11.2. The third kappa shape index (κ3) is 1.96. The number of carbonyl (C=O) groups excluding carboxylic acids is 1. The van der Waals surface area contributed by atoms with Crippen LogP contribution >= 0.6 is 0 Å². The summed E-state index contributed by atoms with van der Waals surface area (Å²) < 4.78 is 10.5. The molecule has 1 aromatic rings. The SMILES string of the molecule is COc1ccc(CN2C(=O)C[C@]3(O)[C@H](O)CO[C@H]23)cc1. The van der Waals surface area contributed by atoms with E-state index < -0.39 is 17.9 Å². The fourth-order valence-corrected chi connectivity index (χ4v) is 2.77. The number of carbonyl (C=O) groups is 1. The highest BCUT2D eigenvalue weighted by Crippen LogP contribution is 2.39. The molecule has 3 rings (SSSR count). The summed E-state index contributed by atoms with van der Waals surface area (Å²) in [5, 5.41) is 20.1. The summed E-state index contributed by atoms with van der Waals surface area (Å²) in [6.45, 7) is 0.385. The van der Waals surface area contributed by atoms with Gasteiger partial charge in [0.2, 0.25) is 5.91 Å². The second kappa shape index (κ2) is 4.73. The maximum Gasteiger partial charge on any atom is 0.228 e. The predicted octanol–water partition coefficient (Wildman–Crippen LogP) is -0.124. The Kier molecular flexibility index (Phi) is 3.16. The molecule has 2 fully saturated rings. The van der Waals surface area contributed by atoms with Gasteiger partial charge in [0.15, 0.2) is 6.23 Å². The standard InChI is InChI=1S/C14H17NO5/c1-19-10-4-2-9(3-5-10)7-15-12(17)6-14(18)11(16)8-20-13(14)15/h2-5,11,13,16,18H,6-8H2,1H3/t11-,13+,14+/m1/s1. The Hall–Kier alpha value is -1.63. The van der Waals surface area contributed by atoms with Gasteiger partial charge in [-0.3, -0.25) is 4.79 Å². The molecule has 2 aliphatic heterocycles. The number of methoxy groups -OCH3 is 1. The molecule has 2 aliphatic rings. The Morgan fingerprint density at radius 3 is 2.80 bits per heavy atom. The van der Waals surface area contributed by atoms with Crippen molar-refractivity contribution in [3.8, 4) is 5.75 Å². The van der Waals surface area contributed by atoms with Gasteiger partial charge in [-0.2, -0.15) is 0 Å². The van der Waals surface area contributed by atoms with Crippen molar-refractivity contribution >= 4 is 5.91 Å². The quantitative estimate of drug-likeness (QED) is 0.806. The van der Waals surface area contributed by atoms with Gasteiger partial charge in [-0.25, -0.2) is 0 Å². The van der Waals surface area contributed by atoms with Gasteiger partial charge in [-0.15, -0.1) is 0 Å². The van der Waals surface area contributed by atoms with E-state index in [0.29, 0.717) is 6.54 Å². The number of likely N-dealkylation sites (tertiary alicyclic amines) is 1. The van der Waals surface area contributed by atoms with Crippen molar-refractivity contribution in [2.24, 2.45) is 0 Å². The van der Waals surface area contributed by atoms with E-state index in [1.807, 2.05) is 24.3 Å². The zero-order valence-electron chi connectivity index (χ0n) is 11.2. The monoisotopic (exact) mass is 279 g/mol. The van der Waals surface area contributed by atoms with Crippen LogP contribution in [-0.4, -0.2) is 52.7 Å². The van der Waals surface area contributed by atoms with Crippen LogP contribution in [0.1, 0.15) is 12.0 Å². The molecule has 20 heavy (non-hydrogen) atoms. The molecular formula is C14H17NO5. The van der Waals surface area contributed by atoms with E-state index in [4.69, 9.17) is 9.47 Å². The Morgan fingerprint density at radius 2 is 2.15 bits per heavy atom. The van der Waals surface area contributed by atoms with E-state index in [1.54, 1.807) is 7.11 Å². The Bertz CT molecular complexity index is 517. The molecule has 0 bridgehead atoms. The lowest BCUT2D eigenvalue weighted by molar-refractivity contribution is -0.137. The van der Waals surface area contributed by atoms with Crippen LogP contribution in [0.3, 0.4) is 0 Å². The van der Waals surface area contributed by atoms with E-state index in [1.165, 1.54) is 4.90 Å². The van der Waals surface area contributed by atoms with Crippen molar-refractivity contribution in [2.75, 3.05) is 13.7 Å². The molecule has 0 aromatic heterocycles. The summed E-state index contributed by atoms with van der Waals surface area (Å²) in [5.41, 5.74) is -0.572. The molecule has 1 aromatic carbocycles. The molecule has 2 N–H and O–H groups in total. The first-order chi connectivity index (χ1) is 9.54. The number of aliphatic hydroxyl groups excluding tert-OH is 1. The average Bonchev–Trinajstić information content (AvgIpc) is 2.85. The zero-order chi connectivity index (χ0) is 14.3. The van der Waals surface area contributed by atoms with Gasteiger partial charge in [-0.1, -0.05) is 12.1 Å². The van der Waals surface area contributed by atoms with Gasteiger partial charge in [0.25, 0.3) is 0 Å². The number of aliphatic hydroxyl groups is 2. The Labute approximate surface area is 116 Å². The summed E-state index contributed by atoms with van der Waals surface area (Å²) in [5.74, 6) is 0.526. The molecule has 0 radical (unpaired) electrons. The van der Waals surface area contributed by atoms with Crippen molar-refractivity contribution in [3.05, 3.63) is 29.8 Å². The lowest BCUT2D eigenvalue weighted by atomic mass is 9.97. The van der Waals surface area contributed by atoms with Gasteiger partial charge in [0, 0.05) is 6.54 Å². The van der Waals surface area contributed by atoms with Crippen LogP contribution in [0.2, 0.25) is 0 Å². The van der Waals surface area contributed by atoms with Crippen molar-refractivity contribution in [2.45, 2.75) is 30.9 Å². The molecular weight excluding hydrogens is 262 g/mol. The number of hydrogen-bond acceptors (Lipinski definition) is 5. The molecule has 6 heteroatoms. The smallest absolute Gasteiger partial charge is 0.228 e. The van der Waals surface area contributed by atoms with E-state index in [9.17, 15) is 15.0 Å². The minimum absolute atomic E-state index is 0.0492. The van der Waals surface area contributed by atoms with Crippen LogP contribution in [0.5, 0.6) is 5.75 Å². The summed E-state index contributed by atoms with van der Waals surface area (Å²) >= 11 is 0. The lowest BCUT2D eigenvalue weighted by Gasteiger charge is -2.27. The van der Waals surface area contributed by atoms with Gasteiger partial charge in [0.05, 0.1) is 20.1 Å². The molecule has 108 valence electrons. The number of ether oxygens (including phenoxy) is 2. The van der Waals surface area contributed by atoms with E-state index in [-0.39, 0.29) is 18.9 Å². The van der Waals surface area contributed by atoms with E-state index in [0.717, 1.165) is 11.3 Å². The maximum atomic E-state index is 12.0. The first-order valence-electron chi connectivity index (χ1n) is 6.49.